The van der Waals surface area contributed by atoms with Crippen LogP contribution in [0.15, 0.2) is 83.7 Å². The number of benzene rings is 3. The summed E-state index contributed by atoms with van der Waals surface area (Å²) in [6.45, 7) is 0.915. The summed E-state index contributed by atoms with van der Waals surface area (Å²) in [4.78, 5) is 17.9. The van der Waals surface area contributed by atoms with Gasteiger partial charge in [0.1, 0.15) is 5.82 Å². The smallest absolute Gasteiger partial charge is 0.261 e. The summed E-state index contributed by atoms with van der Waals surface area (Å²) < 4.78 is 1.72. The highest BCUT2D eigenvalue weighted by molar-refractivity contribution is 5.79. The number of fused-ring (bicyclic) bond motifs is 1. The van der Waals surface area contributed by atoms with Crippen molar-refractivity contribution in [2.45, 2.75) is 13.1 Å². The lowest BCUT2D eigenvalue weighted by Gasteiger charge is -2.12. The van der Waals surface area contributed by atoms with E-state index in [0.717, 1.165) is 16.7 Å². The fraction of sp³-hybridized carbons (Fsp3) is 0.0833. The van der Waals surface area contributed by atoms with Crippen molar-refractivity contribution in [3.05, 3.63) is 112 Å². The Hall–Kier alpha value is -3.50. The molecule has 0 aliphatic heterocycles. The molecule has 2 N–H and O–H groups in total. The van der Waals surface area contributed by atoms with Crippen molar-refractivity contribution < 1.29 is 0 Å². The van der Waals surface area contributed by atoms with Gasteiger partial charge < -0.3 is 5.73 Å². The maximum Gasteiger partial charge on any atom is 0.261 e. The molecule has 0 radical (unpaired) electrons. The molecule has 28 heavy (non-hydrogen) atoms. The minimum absolute atomic E-state index is 0.0449. The largest absolute Gasteiger partial charge is 0.326 e. The number of nitrogens with two attached hydrogens (primary N) is 1. The molecule has 0 atom stereocenters. The van der Waals surface area contributed by atoms with E-state index in [2.05, 4.69) is 0 Å². The van der Waals surface area contributed by atoms with Crippen LogP contribution < -0.4 is 11.3 Å². The molecule has 0 saturated heterocycles. The van der Waals surface area contributed by atoms with Crippen molar-refractivity contribution in [3.63, 3.8) is 0 Å². The Kier molecular flexibility index (Phi) is 5.13. The van der Waals surface area contributed by atoms with Gasteiger partial charge in [0, 0.05) is 6.54 Å². The summed E-state index contributed by atoms with van der Waals surface area (Å²) in [5, 5.41) is 0.620. The van der Waals surface area contributed by atoms with Crippen LogP contribution in [-0.4, -0.2) is 9.55 Å². The van der Waals surface area contributed by atoms with Crippen LogP contribution in [0.1, 0.15) is 22.5 Å². The topological polar surface area (TPSA) is 60.9 Å². The highest BCUT2D eigenvalue weighted by atomic mass is 16.1. The lowest BCUT2D eigenvalue weighted by atomic mass is 10.1. The van der Waals surface area contributed by atoms with Crippen molar-refractivity contribution in [3.8, 4) is 0 Å². The molecule has 0 fully saturated rings. The van der Waals surface area contributed by atoms with E-state index < -0.39 is 0 Å². The Morgan fingerprint density at radius 1 is 0.857 bits per heavy atom. The van der Waals surface area contributed by atoms with Gasteiger partial charge in [0.15, 0.2) is 0 Å². The first-order valence-electron chi connectivity index (χ1n) is 9.25. The molecule has 0 unspecified atom stereocenters. The van der Waals surface area contributed by atoms with Crippen LogP contribution in [0.5, 0.6) is 0 Å². The lowest BCUT2D eigenvalue weighted by Crippen LogP contribution is -2.24. The third-order valence-electron chi connectivity index (χ3n) is 4.68. The zero-order chi connectivity index (χ0) is 19.3. The lowest BCUT2D eigenvalue weighted by molar-refractivity contribution is 0.737. The van der Waals surface area contributed by atoms with Crippen LogP contribution in [0, 0.1) is 0 Å². The standard InChI is InChI=1S/C24H21N3O/c25-16-19-9-6-10-20(15-19)17-27-23(14-13-18-7-2-1-3-8-18)26-22-12-5-4-11-21(22)24(27)28/h1-15H,16-17,25H2/b14-13+. The van der Waals surface area contributed by atoms with Crippen molar-refractivity contribution >= 4 is 23.1 Å². The van der Waals surface area contributed by atoms with E-state index in [1.165, 1.54) is 0 Å². The van der Waals surface area contributed by atoms with Crippen molar-refractivity contribution in [1.29, 1.82) is 0 Å². The van der Waals surface area contributed by atoms with E-state index in [4.69, 9.17) is 10.7 Å². The van der Waals surface area contributed by atoms with E-state index in [1.807, 2.05) is 91.0 Å². The third kappa shape index (κ3) is 3.77. The summed E-state index contributed by atoms with van der Waals surface area (Å²) in [6.07, 6.45) is 3.87. The van der Waals surface area contributed by atoms with E-state index in [-0.39, 0.29) is 5.56 Å². The quantitative estimate of drug-likeness (QED) is 0.578. The summed E-state index contributed by atoms with van der Waals surface area (Å²) in [7, 11) is 0. The molecule has 4 rings (SSSR count). The minimum Gasteiger partial charge on any atom is -0.326 e. The molecule has 0 aliphatic carbocycles. The van der Waals surface area contributed by atoms with Gasteiger partial charge in [0.25, 0.3) is 5.56 Å². The molecule has 0 spiro atoms. The number of hydrogen-bond donors (Lipinski definition) is 1. The first-order valence-corrected chi connectivity index (χ1v) is 9.25. The molecule has 1 heterocycles. The predicted molar refractivity (Wildman–Crippen MR) is 115 cm³/mol. The summed E-state index contributed by atoms with van der Waals surface area (Å²) in [5.41, 5.74) is 9.55. The highest BCUT2D eigenvalue weighted by Gasteiger charge is 2.10. The average molecular weight is 367 g/mol. The Bertz CT molecular complexity index is 1190. The summed E-state index contributed by atoms with van der Waals surface area (Å²) in [6, 6.07) is 25.4. The van der Waals surface area contributed by atoms with Crippen LogP contribution in [-0.2, 0) is 13.1 Å². The average Bonchev–Trinajstić information content (AvgIpc) is 2.75. The predicted octanol–water partition coefficient (Wildman–Crippen LogP) is 4.07. The zero-order valence-electron chi connectivity index (χ0n) is 15.5. The molecule has 0 saturated carbocycles. The molecule has 138 valence electrons. The summed E-state index contributed by atoms with van der Waals surface area (Å²) in [5.74, 6) is 0.630. The van der Waals surface area contributed by atoms with Crippen LogP contribution in [0.4, 0.5) is 0 Å². The number of hydrogen-bond acceptors (Lipinski definition) is 3. The fourth-order valence-corrected chi connectivity index (χ4v) is 3.24. The second-order valence-electron chi connectivity index (χ2n) is 6.65. The minimum atomic E-state index is -0.0449. The normalized spacial score (nSPS) is 11.3. The second kappa shape index (κ2) is 8.03. The monoisotopic (exact) mass is 367 g/mol. The number of rotatable bonds is 5. The second-order valence-corrected chi connectivity index (χ2v) is 6.65. The molecule has 4 heteroatoms. The van der Waals surface area contributed by atoms with Gasteiger partial charge in [-0.2, -0.15) is 0 Å². The van der Waals surface area contributed by atoms with E-state index in [1.54, 1.807) is 4.57 Å². The van der Waals surface area contributed by atoms with Gasteiger partial charge in [-0.3, -0.25) is 9.36 Å². The van der Waals surface area contributed by atoms with Gasteiger partial charge in [-0.25, -0.2) is 4.98 Å². The zero-order valence-corrected chi connectivity index (χ0v) is 15.5. The number of para-hydroxylation sites is 1. The maximum atomic E-state index is 13.2. The van der Waals surface area contributed by atoms with Gasteiger partial charge in [0.05, 0.1) is 17.4 Å². The van der Waals surface area contributed by atoms with Crippen molar-refractivity contribution in [2.75, 3.05) is 0 Å². The molecule has 3 aromatic carbocycles. The van der Waals surface area contributed by atoms with Gasteiger partial charge in [-0.1, -0.05) is 72.8 Å². The van der Waals surface area contributed by atoms with Crippen molar-refractivity contribution in [2.24, 2.45) is 5.73 Å². The molecule has 0 aliphatic rings. The number of aromatic nitrogens is 2. The van der Waals surface area contributed by atoms with Crippen LogP contribution >= 0.6 is 0 Å². The SMILES string of the molecule is NCc1cccc(Cn2c(/C=C/c3ccccc3)nc3ccccc3c2=O)c1. The Labute approximate surface area is 163 Å². The molecule has 4 aromatic rings. The fourth-order valence-electron chi connectivity index (χ4n) is 3.24. The first-order chi connectivity index (χ1) is 13.7. The molecular weight excluding hydrogens is 346 g/mol. The Morgan fingerprint density at radius 3 is 2.43 bits per heavy atom. The van der Waals surface area contributed by atoms with E-state index in [9.17, 15) is 4.79 Å². The van der Waals surface area contributed by atoms with Crippen LogP contribution in [0.25, 0.3) is 23.1 Å². The molecule has 0 bridgehead atoms. The Balaban J connectivity index is 1.83. The van der Waals surface area contributed by atoms with Crippen LogP contribution in [0.3, 0.4) is 0 Å². The number of nitrogens with zero attached hydrogens (tertiary/aromatic N) is 2. The Morgan fingerprint density at radius 2 is 1.61 bits per heavy atom. The highest BCUT2D eigenvalue weighted by Crippen LogP contribution is 2.13. The summed E-state index contributed by atoms with van der Waals surface area (Å²) >= 11 is 0. The van der Waals surface area contributed by atoms with E-state index >= 15 is 0 Å². The van der Waals surface area contributed by atoms with Gasteiger partial charge >= 0.3 is 0 Å². The molecular formula is C24H21N3O. The molecule has 0 amide bonds. The van der Waals surface area contributed by atoms with E-state index in [0.29, 0.717) is 29.8 Å². The van der Waals surface area contributed by atoms with Gasteiger partial charge in [0.2, 0.25) is 0 Å². The third-order valence-corrected chi connectivity index (χ3v) is 4.68. The van der Waals surface area contributed by atoms with Gasteiger partial charge in [-0.05, 0) is 34.9 Å². The first kappa shape index (κ1) is 17.9. The van der Waals surface area contributed by atoms with Gasteiger partial charge in [-0.15, -0.1) is 0 Å². The molecule has 4 nitrogen and oxygen atoms in total. The van der Waals surface area contributed by atoms with Crippen LogP contribution in [0.2, 0.25) is 0 Å². The van der Waals surface area contributed by atoms with Crippen molar-refractivity contribution in [1.82, 2.24) is 9.55 Å². The maximum absolute atomic E-state index is 13.2. The molecule has 1 aromatic heterocycles.